The first kappa shape index (κ1) is 43.5. The minimum atomic E-state index is -3.87. The second-order valence-electron chi connectivity index (χ2n) is 16.3. The second-order valence-corrected chi connectivity index (χ2v) is 19.9. The Hall–Kier alpha value is 0.530. The normalized spacial score (nSPS) is 17.7. The highest BCUT2D eigenvalue weighted by Gasteiger charge is 2.49. The van der Waals surface area contributed by atoms with Crippen molar-refractivity contribution in [3.8, 4) is 0 Å². The van der Waals surface area contributed by atoms with Crippen molar-refractivity contribution in [2.24, 2.45) is 16.7 Å². The van der Waals surface area contributed by atoms with E-state index in [-0.39, 0.29) is 11.3 Å². The Morgan fingerprint density at radius 1 is 0.628 bits per heavy atom. The van der Waals surface area contributed by atoms with Gasteiger partial charge in [0.2, 0.25) is 0 Å². The minimum Gasteiger partial charge on any atom is -0.375 e. The van der Waals surface area contributed by atoms with Gasteiger partial charge in [0.05, 0.1) is 34.6 Å². The first-order valence-corrected chi connectivity index (χ1v) is 18.8. The number of ether oxygens (including phenoxy) is 1. The van der Waals surface area contributed by atoms with Gasteiger partial charge in [0, 0.05) is 14.2 Å². The predicted octanol–water partition coefficient (Wildman–Crippen LogP) is 10.3. The molecule has 0 bridgehead atoms. The van der Waals surface area contributed by atoms with Crippen LogP contribution in [0.4, 0.5) is 0 Å². The SMILES string of the molecule is COP(=O)(OC(C)(C)CCOC(C)(C)CC(C)(C)C(C)(C)OP(=O)(OC)OC(C)(C)C(C)C)OC(C)(C)CC(C)(C)CS. The molecule has 0 aromatic rings. The maximum Gasteiger partial charge on any atom is 0.475 e. The van der Waals surface area contributed by atoms with Crippen LogP contribution in [-0.2, 0) is 41.0 Å². The van der Waals surface area contributed by atoms with E-state index in [1.165, 1.54) is 14.2 Å². The molecule has 0 radical (unpaired) electrons. The second kappa shape index (κ2) is 15.2. The summed E-state index contributed by atoms with van der Waals surface area (Å²) in [5.41, 5.74) is -4.43. The van der Waals surface area contributed by atoms with Gasteiger partial charge >= 0.3 is 15.6 Å². The lowest BCUT2D eigenvalue weighted by Gasteiger charge is -2.46. The quantitative estimate of drug-likeness (QED) is 0.0940. The topological polar surface area (TPSA) is 98.8 Å². The monoisotopic (exact) mass is 676 g/mol. The first-order chi connectivity index (χ1) is 18.8. The number of hydrogen-bond acceptors (Lipinski definition) is 10. The van der Waals surface area contributed by atoms with Crippen LogP contribution in [0.3, 0.4) is 0 Å². The summed E-state index contributed by atoms with van der Waals surface area (Å²) in [4.78, 5) is 0. The van der Waals surface area contributed by atoms with Crippen LogP contribution in [0.2, 0.25) is 0 Å². The molecule has 0 fully saturated rings. The standard InChI is InChI=1S/C31H66O9P2S/c1-24(2)30(13,14)39-42(33,35-18)40-31(15,16)26(5,6)22-28(9,10)36-20-19-27(7,8)37-41(32,34-17)38-29(11,12)21-25(3,4)23-43/h24,43H,19-23H2,1-18H3. The number of hydrogen-bond donors (Lipinski definition) is 1. The lowest BCUT2D eigenvalue weighted by Crippen LogP contribution is -2.46. The zero-order chi connectivity index (χ0) is 34.6. The molecule has 2 atom stereocenters. The van der Waals surface area contributed by atoms with Crippen molar-refractivity contribution in [3.63, 3.8) is 0 Å². The predicted molar refractivity (Wildman–Crippen MR) is 180 cm³/mol. The van der Waals surface area contributed by atoms with Gasteiger partial charge in [-0.25, -0.2) is 9.13 Å². The molecule has 9 nitrogen and oxygen atoms in total. The summed E-state index contributed by atoms with van der Waals surface area (Å²) >= 11 is 4.43. The van der Waals surface area contributed by atoms with E-state index in [9.17, 15) is 9.13 Å². The highest BCUT2D eigenvalue weighted by atomic mass is 32.1. The average molecular weight is 677 g/mol. The molecule has 0 heterocycles. The van der Waals surface area contributed by atoms with Crippen LogP contribution in [0, 0.1) is 16.7 Å². The fraction of sp³-hybridized carbons (Fsp3) is 1.00. The molecule has 0 saturated carbocycles. The summed E-state index contributed by atoms with van der Waals surface area (Å²) in [6.07, 6.45) is 1.63. The molecule has 0 aromatic heterocycles. The van der Waals surface area contributed by atoms with Gasteiger partial charge < -0.3 is 4.74 Å². The third kappa shape index (κ3) is 14.9. The highest BCUT2D eigenvalue weighted by Crippen LogP contribution is 2.59. The molecular formula is C31H66O9P2S. The smallest absolute Gasteiger partial charge is 0.375 e. The number of rotatable bonds is 21. The van der Waals surface area contributed by atoms with Gasteiger partial charge in [-0.3, -0.25) is 27.1 Å². The lowest BCUT2D eigenvalue weighted by molar-refractivity contribution is -0.115. The maximum absolute atomic E-state index is 13.6. The molecule has 260 valence electrons. The van der Waals surface area contributed by atoms with E-state index in [2.05, 4.69) is 26.5 Å². The van der Waals surface area contributed by atoms with Crippen molar-refractivity contribution in [1.82, 2.24) is 0 Å². The zero-order valence-electron chi connectivity index (χ0n) is 30.6. The third-order valence-corrected chi connectivity index (χ3v) is 12.8. The Morgan fingerprint density at radius 3 is 1.49 bits per heavy atom. The molecule has 2 unspecified atom stereocenters. The Labute approximate surface area is 270 Å². The van der Waals surface area contributed by atoms with Crippen LogP contribution in [0.15, 0.2) is 0 Å². The Morgan fingerprint density at radius 2 is 1.07 bits per heavy atom. The van der Waals surface area contributed by atoms with E-state index < -0.39 is 49.1 Å². The van der Waals surface area contributed by atoms with Gasteiger partial charge in [0.15, 0.2) is 0 Å². The average Bonchev–Trinajstić information content (AvgIpc) is 2.75. The van der Waals surface area contributed by atoms with Gasteiger partial charge in [0.1, 0.15) is 0 Å². The van der Waals surface area contributed by atoms with Gasteiger partial charge in [-0.1, -0.05) is 41.5 Å². The molecule has 0 amide bonds. The molecule has 12 heteroatoms. The van der Waals surface area contributed by atoms with Gasteiger partial charge in [-0.2, -0.15) is 12.6 Å². The molecule has 0 rings (SSSR count). The Balaban J connectivity index is 5.47. The van der Waals surface area contributed by atoms with E-state index in [1.807, 2.05) is 96.9 Å². The molecule has 0 aliphatic rings. The van der Waals surface area contributed by atoms with Crippen LogP contribution < -0.4 is 0 Å². The van der Waals surface area contributed by atoms with Crippen LogP contribution in [0.25, 0.3) is 0 Å². The van der Waals surface area contributed by atoms with Crippen molar-refractivity contribution in [2.45, 2.75) is 158 Å². The van der Waals surface area contributed by atoms with E-state index in [4.69, 9.17) is 31.9 Å². The molecule has 43 heavy (non-hydrogen) atoms. The summed E-state index contributed by atoms with van der Waals surface area (Å²) < 4.78 is 68.1. The molecule has 0 saturated heterocycles. The number of thiol groups is 1. The number of phosphoric ester groups is 2. The summed E-state index contributed by atoms with van der Waals surface area (Å²) in [6, 6.07) is 0. The van der Waals surface area contributed by atoms with Crippen molar-refractivity contribution in [2.75, 3.05) is 26.6 Å². The van der Waals surface area contributed by atoms with Crippen molar-refractivity contribution >= 4 is 28.3 Å². The van der Waals surface area contributed by atoms with E-state index in [0.717, 1.165) is 0 Å². The van der Waals surface area contributed by atoms with Crippen LogP contribution >= 0.6 is 28.3 Å². The van der Waals surface area contributed by atoms with E-state index >= 15 is 0 Å². The van der Waals surface area contributed by atoms with E-state index in [0.29, 0.717) is 31.6 Å². The zero-order valence-corrected chi connectivity index (χ0v) is 33.3. The lowest BCUT2D eigenvalue weighted by atomic mass is 9.71. The van der Waals surface area contributed by atoms with Crippen molar-refractivity contribution in [1.29, 1.82) is 0 Å². The molecular weight excluding hydrogens is 610 g/mol. The molecule has 0 aliphatic carbocycles. The Bertz CT molecular complexity index is 972. The molecule has 0 N–H and O–H groups in total. The first-order valence-electron chi connectivity index (χ1n) is 15.2. The molecule has 0 aromatic carbocycles. The van der Waals surface area contributed by atoms with Crippen LogP contribution in [0.5, 0.6) is 0 Å². The summed E-state index contributed by atoms with van der Waals surface area (Å²) in [6.45, 7) is 31.5. The van der Waals surface area contributed by atoms with Gasteiger partial charge in [-0.15, -0.1) is 0 Å². The summed E-state index contributed by atoms with van der Waals surface area (Å²) in [5, 5.41) is 0. The number of phosphoric acid groups is 2. The summed E-state index contributed by atoms with van der Waals surface area (Å²) in [5.74, 6) is 0.754. The van der Waals surface area contributed by atoms with Gasteiger partial charge in [-0.05, 0) is 111 Å². The van der Waals surface area contributed by atoms with Crippen LogP contribution in [-0.4, -0.2) is 54.6 Å². The van der Waals surface area contributed by atoms with Gasteiger partial charge in [0.25, 0.3) is 0 Å². The third-order valence-electron chi connectivity index (χ3n) is 8.27. The largest absolute Gasteiger partial charge is 0.475 e. The Kier molecular flexibility index (Phi) is 15.4. The summed E-state index contributed by atoms with van der Waals surface area (Å²) in [7, 11) is -5.06. The fourth-order valence-corrected chi connectivity index (χ4v) is 8.22. The fourth-order valence-electron chi connectivity index (χ4n) is 4.78. The highest BCUT2D eigenvalue weighted by molar-refractivity contribution is 7.80. The molecule has 0 aliphatic heterocycles. The van der Waals surface area contributed by atoms with Crippen LogP contribution in [0.1, 0.15) is 130 Å². The van der Waals surface area contributed by atoms with Crippen molar-refractivity contribution < 1.29 is 41.0 Å². The maximum atomic E-state index is 13.6. The van der Waals surface area contributed by atoms with E-state index in [1.54, 1.807) is 0 Å². The molecule has 0 spiro atoms. The van der Waals surface area contributed by atoms with Crippen molar-refractivity contribution in [3.05, 3.63) is 0 Å². The minimum absolute atomic E-state index is 0.0947.